The molecule has 2 heterocycles. The highest BCUT2D eigenvalue weighted by atomic mass is 16.6. The van der Waals surface area contributed by atoms with E-state index in [1.54, 1.807) is 18.9 Å². The molecule has 2 aromatic carbocycles. The van der Waals surface area contributed by atoms with Crippen molar-refractivity contribution in [3.63, 3.8) is 0 Å². The lowest BCUT2D eigenvalue weighted by Gasteiger charge is -2.35. The Morgan fingerprint density at radius 1 is 1.07 bits per heavy atom. The molecule has 0 aliphatic carbocycles. The predicted molar refractivity (Wildman–Crippen MR) is 167 cm³/mol. The number of hydrogen-bond donors (Lipinski definition) is 0. The molecule has 0 unspecified atom stereocenters. The van der Waals surface area contributed by atoms with Crippen LogP contribution in [0.15, 0.2) is 67.3 Å². The molecule has 0 bridgehead atoms. The average molecular weight is 589 g/mol. The molecule has 1 amide bonds. The van der Waals surface area contributed by atoms with Gasteiger partial charge in [-0.25, -0.2) is 14.6 Å². The number of amides is 1. The van der Waals surface area contributed by atoms with Gasteiger partial charge in [0.2, 0.25) is 5.88 Å². The van der Waals surface area contributed by atoms with Crippen molar-refractivity contribution in [3.05, 3.63) is 83.9 Å². The molecule has 43 heavy (non-hydrogen) atoms. The van der Waals surface area contributed by atoms with Gasteiger partial charge in [0.25, 0.3) is 0 Å². The van der Waals surface area contributed by atoms with E-state index >= 15 is 0 Å². The van der Waals surface area contributed by atoms with Gasteiger partial charge in [0, 0.05) is 16.9 Å². The quantitative estimate of drug-likeness (QED) is 0.182. The van der Waals surface area contributed by atoms with E-state index in [1.165, 1.54) is 6.08 Å². The van der Waals surface area contributed by atoms with Crippen molar-refractivity contribution >= 4 is 23.0 Å². The Bertz CT molecular complexity index is 1450. The van der Waals surface area contributed by atoms with E-state index in [-0.39, 0.29) is 25.7 Å². The number of carbonyl (C=O) groups excluding carboxylic acids is 2. The molecule has 1 saturated heterocycles. The second-order valence-corrected chi connectivity index (χ2v) is 12.2. The zero-order valence-electron chi connectivity index (χ0n) is 26.3. The van der Waals surface area contributed by atoms with Crippen LogP contribution < -0.4 is 4.74 Å². The molecule has 1 aromatic heterocycles. The Morgan fingerprint density at radius 2 is 1.77 bits per heavy atom. The Labute approximate surface area is 255 Å². The summed E-state index contributed by atoms with van der Waals surface area (Å²) >= 11 is 0. The molecule has 1 aliphatic heterocycles. The maximum absolute atomic E-state index is 13.9. The number of fused-ring (bicyclic) bond motifs is 1. The third-order valence-electron chi connectivity index (χ3n) is 7.99. The smallest absolute Gasteiger partial charge is 0.411 e. The number of carbonyl (C=O) groups is 2. The van der Waals surface area contributed by atoms with Crippen LogP contribution in [0.2, 0.25) is 0 Å². The zero-order chi connectivity index (χ0) is 31.3. The number of pyridine rings is 1. The van der Waals surface area contributed by atoms with Crippen LogP contribution in [0, 0.1) is 11.3 Å². The van der Waals surface area contributed by atoms with Gasteiger partial charge in [0.1, 0.15) is 12.6 Å². The summed E-state index contributed by atoms with van der Waals surface area (Å²) < 4.78 is 23.7. The van der Waals surface area contributed by atoms with E-state index in [9.17, 15) is 9.59 Å². The first-order valence-electron chi connectivity index (χ1n) is 14.9. The van der Waals surface area contributed by atoms with Gasteiger partial charge in [0.15, 0.2) is 0 Å². The minimum absolute atomic E-state index is 0.00902. The minimum atomic E-state index is -0.941. The van der Waals surface area contributed by atoms with Crippen molar-refractivity contribution in [2.75, 3.05) is 20.3 Å². The maximum Gasteiger partial charge on any atom is 0.411 e. The highest BCUT2D eigenvalue weighted by Crippen LogP contribution is 2.51. The van der Waals surface area contributed by atoms with Gasteiger partial charge in [-0.2, -0.15) is 0 Å². The topological polar surface area (TPSA) is 87.2 Å². The van der Waals surface area contributed by atoms with Crippen molar-refractivity contribution in [1.29, 1.82) is 0 Å². The van der Waals surface area contributed by atoms with Crippen molar-refractivity contribution in [2.24, 2.45) is 11.3 Å². The lowest BCUT2D eigenvalue weighted by atomic mass is 9.73. The van der Waals surface area contributed by atoms with Crippen LogP contribution >= 0.6 is 0 Å². The van der Waals surface area contributed by atoms with Crippen LogP contribution in [-0.4, -0.2) is 54.4 Å². The lowest BCUT2D eigenvalue weighted by Crippen LogP contribution is -2.48. The SMILES string of the molecule is C=CCOC(=O)N1[C@H](C(=O)OCC)[C@@H](C(C)(C)C)[C@H](OCc2cc3ccccc3nc2OC)[C@@H]1c1ccccc1C(C)C. The predicted octanol–water partition coefficient (Wildman–Crippen LogP) is 7.23. The monoisotopic (exact) mass is 588 g/mol. The van der Waals surface area contributed by atoms with Crippen LogP contribution in [-0.2, 0) is 25.6 Å². The normalized spacial score (nSPS) is 20.3. The number of likely N-dealkylation sites (tertiary alicyclic amines) is 1. The molecule has 0 spiro atoms. The van der Waals surface area contributed by atoms with Crippen LogP contribution in [0.5, 0.6) is 5.88 Å². The van der Waals surface area contributed by atoms with Crippen LogP contribution in [0.1, 0.15) is 70.2 Å². The van der Waals surface area contributed by atoms with Gasteiger partial charge in [-0.1, -0.05) is 89.7 Å². The number of rotatable bonds is 10. The van der Waals surface area contributed by atoms with Crippen LogP contribution in [0.4, 0.5) is 4.79 Å². The number of para-hydroxylation sites is 1. The molecule has 8 nitrogen and oxygen atoms in total. The minimum Gasteiger partial charge on any atom is -0.481 e. The van der Waals surface area contributed by atoms with Crippen molar-refractivity contribution in [2.45, 2.75) is 72.3 Å². The Hall–Kier alpha value is -3.91. The molecule has 0 N–H and O–H groups in total. The summed E-state index contributed by atoms with van der Waals surface area (Å²) in [5.41, 5.74) is 3.09. The number of esters is 1. The molecule has 1 fully saturated rings. The molecule has 3 aromatic rings. The van der Waals surface area contributed by atoms with Gasteiger partial charge in [0.05, 0.1) is 38.0 Å². The van der Waals surface area contributed by atoms with Crippen LogP contribution in [0.3, 0.4) is 0 Å². The molecule has 0 saturated carbocycles. The van der Waals surface area contributed by atoms with E-state index in [1.807, 2.05) is 48.5 Å². The van der Waals surface area contributed by atoms with Crippen molar-refractivity contribution in [1.82, 2.24) is 9.88 Å². The molecule has 4 rings (SSSR count). The summed E-state index contributed by atoms with van der Waals surface area (Å²) in [7, 11) is 1.59. The zero-order valence-corrected chi connectivity index (χ0v) is 26.3. The summed E-state index contributed by atoms with van der Waals surface area (Å²) in [6.07, 6.45) is 0.298. The molecule has 0 radical (unpaired) electrons. The third-order valence-corrected chi connectivity index (χ3v) is 7.99. The first-order valence-corrected chi connectivity index (χ1v) is 14.9. The van der Waals surface area contributed by atoms with E-state index in [4.69, 9.17) is 23.9 Å². The second kappa shape index (κ2) is 13.6. The van der Waals surface area contributed by atoms with Gasteiger partial charge >= 0.3 is 12.1 Å². The van der Waals surface area contributed by atoms with E-state index in [0.717, 1.165) is 27.6 Å². The first kappa shape index (κ1) is 32.0. The fourth-order valence-corrected chi connectivity index (χ4v) is 6.20. The largest absolute Gasteiger partial charge is 0.481 e. The molecule has 8 heteroatoms. The standard InChI is InChI=1S/C35H44N2O6/c1-9-19-42-34(39)37-29(26-17-13-12-16-25(26)22(3)4)31(28(35(5,6)7)30(37)33(38)41-10-2)43-21-24-20-23-15-11-14-18-27(23)36-32(24)40-8/h9,11-18,20,22,28-31H,1,10,19,21H2,2-8H3/t28-,29+,30+,31+/m1/s1. The number of nitrogens with zero attached hydrogens (tertiary/aromatic N) is 2. The second-order valence-electron chi connectivity index (χ2n) is 12.2. The molecule has 230 valence electrons. The fraction of sp³-hybridized carbons (Fsp3) is 0.457. The highest BCUT2D eigenvalue weighted by molar-refractivity contribution is 5.84. The van der Waals surface area contributed by atoms with Crippen LogP contribution in [0.25, 0.3) is 10.9 Å². The summed E-state index contributed by atoms with van der Waals surface area (Å²) in [4.78, 5) is 33.9. The van der Waals surface area contributed by atoms with E-state index in [0.29, 0.717) is 5.88 Å². The molecule has 1 aliphatic rings. The summed E-state index contributed by atoms with van der Waals surface area (Å²) in [6, 6.07) is 16.3. The molecular formula is C35H44N2O6. The number of aromatic nitrogens is 1. The molecular weight excluding hydrogens is 544 g/mol. The summed E-state index contributed by atoms with van der Waals surface area (Å²) in [5, 5.41) is 0.960. The number of methoxy groups -OCH3 is 1. The van der Waals surface area contributed by atoms with Gasteiger partial charge in [-0.15, -0.1) is 0 Å². The fourth-order valence-electron chi connectivity index (χ4n) is 6.20. The number of ether oxygens (including phenoxy) is 4. The Balaban J connectivity index is 1.90. The highest BCUT2D eigenvalue weighted by Gasteiger charge is 2.60. The van der Waals surface area contributed by atoms with Gasteiger partial charge in [-0.3, -0.25) is 4.90 Å². The maximum atomic E-state index is 13.9. The van der Waals surface area contributed by atoms with Gasteiger partial charge < -0.3 is 18.9 Å². The van der Waals surface area contributed by atoms with E-state index < -0.39 is 41.6 Å². The average Bonchev–Trinajstić information content (AvgIpc) is 3.34. The first-order chi connectivity index (χ1) is 20.5. The van der Waals surface area contributed by atoms with Crippen molar-refractivity contribution < 1.29 is 28.5 Å². The Kier molecular flexibility index (Phi) is 10.1. The number of hydrogen-bond acceptors (Lipinski definition) is 7. The van der Waals surface area contributed by atoms with E-state index in [2.05, 4.69) is 47.3 Å². The summed E-state index contributed by atoms with van der Waals surface area (Å²) in [5.74, 6) is -0.303. The summed E-state index contributed by atoms with van der Waals surface area (Å²) in [6.45, 7) is 16.2. The lowest BCUT2D eigenvalue weighted by molar-refractivity contribution is -0.151. The van der Waals surface area contributed by atoms with Gasteiger partial charge in [-0.05, 0) is 41.5 Å². The third kappa shape index (κ3) is 6.69. The van der Waals surface area contributed by atoms with Crippen molar-refractivity contribution in [3.8, 4) is 5.88 Å². The number of benzene rings is 2. The Morgan fingerprint density at radius 3 is 2.42 bits per heavy atom. The molecule has 4 atom stereocenters.